The lowest BCUT2D eigenvalue weighted by Crippen LogP contribution is -2.48. The van der Waals surface area contributed by atoms with Crippen LogP contribution in [0.5, 0.6) is 5.75 Å². The first-order valence-electron chi connectivity index (χ1n) is 8.55. The maximum atomic E-state index is 12.2. The summed E-state index contributed by atoms with van der Waals surface area (Å²) in [6, 6.07) is 8.89. The highest BCUT2D eigenvalue weighted by Crippen LogP contribution is 2.32. The smallest absolute Gasteiger partial charge is 0.258 e. The van der Waals surface area contributed by atoms with Crippen LogP contribution in [0.15, 0.2) is 30.3 Å². The van der Waals surface area contributed by atoms with Crippen LogP contribution < -0.4 is 10.1 Å². The molecule has 0 bridgehead atoms. The summed E-state index contributed by atoms with van der Waals surface area (Å²) in [7, 11) is 1.88. The van der Waals surface area contributed by atoms with Gasteiger partial charge >= 0.3 is 0 Å². The Balaban J connectivity index is 1.57. The molecular weight excluding hydrogens is 320 g/mol. The lowest BCUT2D eigenvalue weighted by Gasteiger charge is -2.33. The van der Waals surface area contributed by atoms with Crippen LogP contribution in [-0.2, 0) is 11.8 Å². The van der Waals surface area contributed by atoms with Gasteiger partial charge in [0.25, 0.3) is 5.91 Å². The number of aromatic nitrogens is 3. The Labute approximate surface area is 147 Å². The third-order valence-electron chi connectivity index (χ3n) is 4.54. The van der Waals surface area contributed by atoms with Gasteiger partial charge in [0.05, 0.1) is 12.1 Å². The molecule has 1 aliphatic rings. The van der Waals surface area contributed by atoms with Gasteiger partial charge in [-0.25, -0.2) is 4.98 Å². The SMILES string of the molecule is Cc1nc([C@H]2CC[C@@H](O)[C@H](NC(=O)COc3ccccc3)C2)n(C)n1. The first kappa shape index (κ1) is 17.4. The third-order valence-corrected chi connectivity index (χ3v) is 4.54. The molecule has 0 radical (unpaired) electrons. The van der Waals surface area contributed by atoms with Crippen molar-refractivity contribution in [2.24, 2.45) is 7.05 Å². The zero-order chi connectivity index (χ0) is 17.8. The van der Waals surface area contributed by atoms with E-state index >= 15 is 0 Å². The van der Waals surface area contributed by atoms with Crippen molar-refractivity contribution in [1.29, 1.82) is 0 Å². The van der Waals surface area contributed by atoms with Gasteiger partial charge in [0.15, 0.2) is 6.61 Å². The van der Waals surface area contributed by atoms with E-state index < -0.39 is 6.10 Å². The maximum absolute atomic E-state index is 12.2. The zero-order valence-corrected chi connectivity index (χ0v) is 14.6. The molecule has 0 unspecified atom stereocenters. The Bertz CT molecular complexity index is 716. The Hall–Kier alpha value is -2.41. The molecule has 1 heterocycles. The highest BCUT2D eigenvalue weighted by molar-refractivity contribution is 5.77. The summed E-state index contributed by atoms with van der Waals surface area (Å²) in [6.45, 7) is 1.79. The predicted molar refractivity (Wildman–Crippen MR) is 92.2 cm³/mol. The first-order chi connectivity index (χ1) is 12.0. The fourth-order valence-corrected chi connectivity index (χ4v) is 3.34. The molecule has 1 aliphatic carbocycles. The second kappa shape index (κ2) is 7.65. The molecule has 7 heteroatoms. The molecule has 2 aromatic rings. The fourth-order valence-electron chi connectivity index (χ4n) is 3.34. The number of aliphatic hydroxyl groups excluding tert-OH is 1. The molecule has 3 atom stereocenters. The largest absolute Gasteiger partial charge is 0.484 e. The number of rotatable bonds is 5. The van der Waals surface area contributed by atoms with Gasteiger partial charge in [0.2, 0.25) is 0 Å². The van der Waals surface area contributed by atoms with Crippen LogP contribution in [-0.4, -0.2) is 44.5 Å². The molecule has 134 valence electrons. The van der Waals surface area contributed by atoms with Crippen molar-refractivity contribution in [2.75, 3.05) is 6.61 Å². The van der Waals surface area contributed by atoms with Crippen molar-refractivity contribution >= 4 is 5.91 Å². The van der Waals surface area contributed by atoms with Gasteiger partial charge in [-0.15, -0.1) is 0 Å². The van der Waals surface area contributed by atoms with Gasteiger partial charge in [-0.3, -0.25) is 9.48 Å². The van der Waals surface area contributed by atoms with Crippen molar-refractivity contribution in [3.05, 3.63) is 42.0 Å². The average Bonchev–Trinajstić information content (AvgIpc) is 2.94. The molecule has 1 aromatic carbocycles. The van der Waals surface area contributed by atoms with Crippen LogP contribution in [0.2, 0.25) is 0 Å². The van der Waals surface area contributed by atoms with E-state index in [1.807, 2.05) is 32.2 Å². The molecule has 1 fully saturated rings. The maximum Gasteiger partial charge on any atom is 0.258 e. The number of hydrogen-bond acceptors (Lipinski definition) is 5. The average molecular weight is 344 g/mol. The molecule has 25 heavy (non-hydrogen) atoms. The van der Waals surface area contributed by atoms with Gasteiger partial charge in [-0.05, 0) is 38.3 Å². The summed E-state index contributed by atoms with van der Waals surface area (Å²) < 4.78 is 7.25. The van der Waals surface area contributed by atoms with E-state index in [1.165, 1.54) is 0 Å². The number of aryl methyl sites for hydroxylation is 2. The number of carbonyl (C=O) groups is 1. The highest BCUT2D eigenvalue weighted by atomic mass is 16.5. The van der Waals surface area contributed by atoms with Gasteiger partial charge in [0.1, 0.15) is 17.4 Å². The number of ether oxygens (including phenoxy) is 1. The Kier molecular flexibility index (Phi) is 5.33. The summed E-state index contributed by atoms with van der Waals surface area (Å²) in [4.78, 5) is 16.6. The van der Waals surface area contributed by atoms with Gasteiger partial charge in [0, 0.05) is 13.0 Å². The van der Waals surface area contributed by atoms with Crippen LogP contribution >= 0.6 is 0 Å². The molecule has 1 aromatic heterocycles. The molecule has 3 rings (SSSR count). The minimum absolute atomic E-state index is 0.0685. The monoisotopic (exact) mass is 344 g/mol. The molecule has 0 aliphatic heterocycles. The molecule has 1 amide bonds. The summed E-state index contributed by atoms with van der Waals surface area (Å²) in [5.74, 6) is 2.23. The Morgan fingerprint density at radius 3 is 2.80 bits per heavy atom. The van der Waals surface area contributed by atoms with Gasteiger partial charge < -0.3 is 15.2 Å². The lowest BCUT2D eigenvalue weighted by atomic mass is 9.83. The quantitative estimate of drug-likeness (QED) is 0.854. The molecule has 1 saturated carbocycles. The number of hydrogen-bond donors (Lipinski definition) is 2. The molecular formula is C18H24N4O3. The molecule has 7 nitrogen and oxygen atoms in total. The first-order valence-corrected chi connectivity index (χ1v) is 8.55. The minimum atomic E-state index is -0.550. The number of nitrogens with zero attached hydrogens (tertiary/aromatic N) is 3. The minimum Gasteiger partial charge on any atom is -0.484 e. The number of amides is 1. The number of aliphatic hydroxyl groups is 1. The summed E-state index contributed by atoms with van der Waals surface area (Å²) in [5, 5.41) is 17.4. The molecule has 0 spiro atoms. The Morgan fingerprint density at radius 2 is 2.12 bits per heavy atom. The third kappa shape index (κ3) is 4.36. The molecule has 2 N–H and O–H groups in total. The standard InChI is InChI=1S/C18H24N4O3/c1-12-19-18(22(2)21-12)13-8-9-16(23)15(10-13)20-17(24)11-25-14-6-4-3-5-7-14/h3-7,13,15-16,23H,8-11H2,1-2H3,(H,20,24)/t13-,15+,16+/m0/s1. The van der Waals surface area contributed by atoms with E-state index in [1.54, 1.807) is 16.8 Å². The second-order valence-corrected chi connectivity index (χ2v) is 6.49. The van der Waals surface area contributed by atoms with E-state index in [0.717, 1.165) is 18.1 Å². The summed E-state index contributed by atoms with van der Waals surface area (Å²) in [6.07, 6.45) is 1.55. The highest BCUT2D eigenvalue weighted by Gasteiger charge is 2.33. The van der Waals surface area contributed by atoms with E-state index in [-0.39, 0.29) is 24.5 Å². The van der Waals surface area contributed by atoms with Crippen molar-refractivity contribution in [3.63, 3.8) is 0 Å². The lowest BCUT2D eigenvalue weighted by molar-refractivity contribution is -0.125. The van der Waals surface area contributed by atoms with E-state index in [4.69, 9.17) is 4.74 Å². The zero-order valence-electron chi connectivity index (χ0n) is 14.6. The predicted octanol–water partition coefficient (Wildman–Crippen LogP) is 1.32. The van der Waals surface area contributed by atoms with Gasteiger partial charge in [-0.1, -0.05) is 18.2 Å². The van der Waals surface area contributed by atoms with Gasteiger partial charge in [-0.2, -0.15) is 5.10 Å². The summed E-state index contributed by atoms with van der Waals surface area (Å²) >= 11 is 0. The number of nitrogens with one attached hydrogen (secondary N) is 1. The van der Waals surface area contributed by atoms with E-state index in [0.29, 0.717) is 18.6 Å². The van der Waals surface area contributed by atoms with Crippen LogP contribution in [0, 0.1) is 6.92 Å². The van der Waals surface area contributed by atoms with Crippen LogP contribution in [0.4, 0.5) is 0 Å². The van der Waals surface area contributed by atoms with Crippen molar-refractivity contribution in [1.82, 2.24) is 20.1 Å². The topological polar surface area (TPSA) is 89.3 Å². The number of benzene rings is 1. The van der Waals surface area contributed by atoms with Crippen molar-refractivity contribution < 1.29 is 14.6 Å². The van der Waals surface area contributed by atoms with Crippen molar-refractivity contribution in [2.45, 2.75) is 44.2 Å². The van der Waals surface area contributed by atoms with E-state index in [9.17, 15) is 9.90 Å². The van der Waals surface area contributed by atoms with Crippen molar-refractivity contribution in [3.8, 4) is 5.75 Å². The second-order valence-electron chi connectivity index (χ2n) is 6.49. The summed E-state index contributed by atoms with van der Waals surface area (Å²) in [5.41, 5.74) is 0. The number of para-hydroxylation sites is 1. The Morgan fingerprint density at radius 1 is 1.36 bits per heavy atom. The normalized spacial score (nSPS) is 23.2. The van der Waals surface area contributed by atoms with E-state index in [2.05, 4.69) is 15.4 Å². The molecule has 0 saturated heterocycles. The van der Waals surface area contributed by atoms with Crippen LogP contribution in [0.25, 0.3) is 0 Å². The number of carbonyl (C=O) groups excluding carboxylic acids is 1. The van der Waals surface area contributed by atoms with Crippen LogP contribution in [0.3, 0.4) is 0 Å². The fraction of sp³-hybridized carbons (Fsp3) is 0.500. The van der Waals surface area contributed by atoms with Crippen LogP contribution in [0.1, 0.15) is 36.8 Å².